The summed E-state index contributed by atoms with van der Waals surface area (Å²) in [4.78, 5) is 52.6. The maximum Gasteiger partial charge on any atom is 0.425 e. The zero-order chi connectivity index (χ0) is 27.8. The van der Waals surface area contributed by atoms with E-state index in [1.54, 1.807) is 48.5 Å². The first kappa shape index (κ1) is 24.7. The summed E-state index contributed by atoms with van der Waals surface area (Å²) in [5.41, 5.74) is 1.82. The molecule has 0 spiro atoms. The van der Waals surface area contributed by atoms with E-state index in [0.29, 0.717) is 22.5 Å². The van der Waals surface area contributed by atoms with Crippen molar-refractivity contribution in [3.8, 4) is 23.3 Å². The van der Waals surface area contributed by atoms with Gasteiger partial charge in [0.1, 0.15) is 18.2 Å². The Balaban J connectivity index is 1.48. The smallest absolute Gasteiger partial charge is 0.388 e. The highest BCUT2D eigenvalue weighted by atomic mass is 35.5. The summed E-state index contributed by atoms with van der Waals surface area (Å²) >= 11 is 6.14. The van der Waals surface area contributed by atoms with Gasteiger partial charge in [-0.1, -0.05) is 48.0 Å². The van der Waals surface area contributed by atoms with Gasteiger partial charge in [-0.15, -0.1) is 0 Å². The number of aromatic nitrogens is 8. The molecule has 6 rings (SSSR count). The van der Waals surface area contributed by atoms with Crippen LogP contribution in [0.15, 0.2) is 73.3 Å². The number of rotatable bonds is 5. The molecule has 2 aromatic carbocycles. The van der Waals surface area contributed by atoms with Crippen LogP contribution in [0.3, 0.4) is 0 Å². The van der Waals surface area contributed by atoms with Gasteiger partial charge in [-0.3, -0.25) is 14.7 Å². The highest BCUT2D eigenvalue weighted by Crippen LogP contribution is 2.34. The van der Waals surface area contributed by atoms with E-state index in [0.717, 1.165) is 4.68 Å². The summed E-state index contributed by atoms with van der Waals surface area (Å²) in [6.45, 7) is 1.28. The third-order valence-corrected chi connectivity index (χ3v) is 5.95. The number of benzene rings is 2. The van der Waals surface area contributed by atoms with Gasteiger partial charge < -0.3 is 10.6 Å². The first-order valence-corrected chi connectivity index (χ1v) is 12.1. The van der Waals surface area contributed by atoms with Crippen LogP contribution in [0.25, 0.3) is 28.6 Å². The molecule has 0 saturated heterocycles. The summed E-state index contributed by atoms with van der Waals surface area (Å²) in [6.07, 6.45) is 1.90. The van der Waals surface area contributed by atoms with Gasteiger partial charge in [-0.25, -0.2) is 29.6 Å². The normalized spacial score (nSPS) is 11.1. The highest BCUT2D eigenvalue weighted by molar-refractivity contribution is 6.33. The fraction of sp³-hybridized carbons (Fsp3) is 0.0400. The molecule has 0 unspecified atom stereocenters. The van der Waals surface area contributed by atoms with E-state index in [2.05, 4.69) is 35.2 Å². The van der Waals surface area contributed by atoms with Gasteiger partial charge in [0.15, 0.2) is 22.3 Å². The molecule has 2 amide bonds. The topological polar surface area (TPSA) is 172 Å². The number of para-hydroxylation sites is 2. The second-order valence-corrected chi connectivity index (χ2v) is 8.67. The van der Waals surface area contributed by atoms with Crippen LogP contribution >= 0.6 is 11.6 Å². The summed E-state index contributed by atoms with van der Waals surface area (Å²) in [5.74, 6) is 5.62. The minimum absolute atomic E-state index is 0.0382. The van der Waals surface area contributed by atoms with Crippen molar-refractivity contribution in [3.05, 3.63) is 78.5 Å². The Hall–Kier alpha value is -5.63. The quantitative estimate of drug-likeness (QED) is 0.236. The van der Waals surface area contributed by atoms with Gasteiger partial charge in [-0.2, -0.15) is 14.6 Å². The first-order valence-electron chi connectivity index (χ1n) is 11.7. The lowest BCUT2D eigenvalue weighted by atomic mass is 10.2. The molecular weight excluding hydrogens is 538 g/mol. The zero-order valence-corrected chi connectivity index (χ0v) is 21.4. The SMILES string of the molecule is CC(=O)Nc1nc2nc(-n3cnc4c(Cl)ncnc43)nc-2c(OC(=O)N(c2ccccc2)c2ccccc2)n1N. The van der Waals surface area contributed by atoms with E-state index in [1.807, 2.05) is 12.1 Å². The van der Waals surface area contributed by atoms with E-state index in [9.17, 15) is 9.59 Å². The van der Waals surface area contributed by atoms with Crippen molar-refractivity contribution in [2.75, 3.05) is 16.1 Å². The largest absolute Gasteiger partial charge is 0.425 e. The molecule has 0 bridgehead atoms. The molecule has 4 heterocycles. The van der Waals surface area contributed by atoms with E-state index in [4.69, 9.17) is 22.2 Å². The molecule has 2 aromatic heterocycles. The van der Waals surface area contributed by atoms with Gasteiger partial charge in [0.25, 0.3) is 5.88 Å². The lowest BCUT2D eigenvalue weighted by Crippen LogP contribution is -2.32. The number of fused-ring (bicyclic) bond motifs is 2. The van der Waals surface area contributed by atoms with E-state index in [1.165, 1.54) is 29.0 Å². The van der Waals surface area contributed by atoms with Crippen LogP contribution in [-0.2, 0) is 4.79 Å². The standard InChI is InChI=1S/C25H18ClN11O3/c1-14(38)31-24-34-20-18(32-23(33-20)35-13-30-17-19(26)28-12-29-21(17)35)22(37(24)27)40-25(39)36(15-8-4-2-5-9-15)16-10-6-3-7-11-16/h2-13H,27H2,1H3,(H,31,32,33,34,38). The average molecular weight is 556 g/mol. The molecule has 2 aliphatic rings. The lowest BCUT2D eigenvalue weighted by molar-refractivity contribution is -0.114. The average Bonchev–Trinajstić information content (AvgIpc) is 3.57. The number of amides is 2. The Kier molecular flexibility index (Phi) is 6.12. The predicted octanol–water partition coefficient (Wildman–Crippen LogP) is 3.57. The molecule has 0 fully saturated rings. The van der Waals surface area contributed by atoms with Crippen LogP contribution < -0.4 is 20.8 Å². The maximum absolute atomic E-state index is 13.7. The number of nitrogens with zero attached hydrogens (tertiary/aromatic N) is 9. The number of nitrogens with two attached hydrogens (primary N) is 1. The molecular formula is C25H18ClN11O3. The molecule has 14 nitrogen and oxygen atoms in total. The Morgan fingerprint density at radius 2 is 1.62 bits per heavy atom. The van der Waals surface area contributed by atoms with Crippen molar-refractivity contribution < 1.29 is 14.3 Å². The number of hydrogen-bond acceptors (Lipinski definition) is 10. The molecule has 0 atom stereocenters. The lowest BCUT2D eigenvalue weighted by Gasteiger charge is -2.23. The third-order valence-electron chi connectivity index (χ3n) is 5.68. The fourth-order valence-corrected chi connectivity index (χ4v) is 4.13. The van der Waals surface area contributed by atoms with Crippen LogP contribution in [0.4, 0.5) is 22.1 Å². The van der Waals surface area contributed by atoms with Gasteiger partial charge in [0, 0.05) is 6.92 Å². The van der Waals surface area contributed by atoms with Crippen molar-refractivity contribution in [2.45, 2.75) is 6.92 Å². The van der Waals surface area contributed by atoms with Gasteiger partial charge in [0.2, 0.25) is 17.8 Å². The van der Waals surface area contributed by atoms with Crippen molar-refractivity contribution in [2.24, 2.45) is 0 Å². The van der Waals surface area contributed by atoms with Crippen molar-refractivity contribution in [1.82, 2.24) is 39.1 Å². The molecule has 0 saturated carbocycles. The van der Waals surface area contributed by atoms with Gasteiger partial charge >= 0.3 is 6.09 Å². The number of imidazole rings is 2. The Morgan fingerprint density at radius 3 is 2.27 bits per heavy atom. The number of ether oxygens (including phenoxy) is 1. The zero-order valence-electron chi connectivity index (χ0n) is 20.6. The minimum Gasteiger partial charge on any atom is -0.388 e. The van der Waals surface area contributed by atoms with E-state index in [-0.39, 0.29) is 34.4 Å². The molecule has 0 radical (unpaired) electrons. The Labute approximate surface area is 230 Å². The predicted molar refractivity (Wildman–Crippen MR) is 145 cm³/mol. The summed E-state index contributed by atoms with van der Waals surface area (Å²) < 4.78 is 8.23. The second-order valence-electron chi connectivity index (χ2n) is 8.31. The monoisotopic (exact) mass is 555 g/mol. The first-order chi connectivity index (χ1) is 19.4. The number of halogens is 1. The maximum atomic E-state index is 13.7. The molecule has 4 aromatic rings. The number of carbonyl (C=O) groups excluding carboxylic acids is 2. The van der Waals surface area contributed by atoms with Gasteiger partial charge in [0.05, 0.1) is 11.4 Å². The molecule has 40 heavy (non-hydrogen) atoms. The number of carbonyl (C=O) groups is 2. The second kappa shape index (κ2) is 9.92. The van der Waals surface area contributed by atoms with Crippen molar-refractivity contribution in [3.63, 3.8) is 0 Å². The van der Waals surface area contributed by atoms with Crippen molar-refractivity contribution >= 4 is 52.1 Å². The van der Waals surface area contributed by atoms with Crippen LogP contribution in [0.1, 0.15) is 6.92 Å². The molecule has 15 heteroatoms. The number of anilines is 3. The van der Waals surface area contributed by atoms with E-state index >= 15 is 0 Å². The molecule has 3 N–H and O–H groups in total. The summed E-state index contributed by atoms with van der Waals surface area (Å²) in [5, 5.41) is 2.67. The van der Waals surface area contributed by atoms with Crippen LogP contribution in [-0.4, -0.2) is 51.1 Å². The Morgan fingerprint density at radius 1 is 0.950 bits per heavy atom. The number of nitrogen functional groups attached to an aromatic ring is 1. The minimum atomic E-state index is -0.796. The van der Waals surface area contributed by atoms with E-state index < -0.39 is 12.0 Å². The summed E-state index contributed by atoms with van der Waals surface area (Å²) in [7, 11) is 0. The van der Waals surface area contributed by atoms with Crippen LogP contribution in [0.2, 0.25) is 5.15 Å². The number of nitrogens with one attached hydrogen (secondary N) is 1. The Bertz CT molecular complexity index is 1800. The number of hydrogen-bond donors (Lipinski definition) is 2. The fourth-order valence-electron chi connectivity index (χ4n) is 3.95. The summed E-state index contributed by atoms with van der Waals surface area (Å²) in [6, 6.07) is 17.9. The van der Waals surface area contributed by atoms with Crippen LogP contribution in [0.5, 0.6) is 5.88 Å². The molecule has 0 aliphatic carbocycles. The molecule has 2 aliphatic heterocycles. The van der Waals surface area contributed by atoms with Gasteiger partial charge in [-0.05, 0) is 24.3 Å². The molecule has 198 valence electrons. The highest BCUT2D eigenvalue weighted by Gasteiger charge is 2.30. The third kappa shape index (κ3) is 4.37. The van der Waals surface area contributed by atoms with Crippen LogP contribution in [0, 0.1) is 0 Å². The van der Waals surface area contributed by atoms with Crippen molar-refractivity contribution in [1.29, 1.82) is 0 Å².